The van der Waals surface area contributed by atoms with Gasteiger partial charge in [0.05, 0.1) is 5.56 Å². The first-order valence-corrected chi connectivity index (χ1v) is 11.3. The lowest BCUT2D eigenvalue weighted by Crippen LogP contribution is -2.51. The monoisotopic (exact) mass is 481 g/mol. The molecule has 1 N–H and O–H groups in total. The van der Waals surface area contributed by atoms with E-state index in [-0.39, 0.29) is 23.7 Å². The number of aromatic nitrogens is 1. The number of nitrogens with zero attached hydrogens (tertiary/aromatic N) is 2. The number of amides is 1. The number of ether oxygens (including phenoxy) is 1. The molecule has 3 aromatic rings. The molecular weight excluding hydrogens is 457 g/mol. The molecule has 0 radical (unpaired) electrons. The van der Waals surface area contributed by atoms with Crippen molar-refractivity contribution in [3.63, 3.8) is 0 Å². The van der Waals surface area contributed by atoms with Crippen molar-refractivity contribution in [3.8, 4) is 11.9 Å². The third-order valence-corrected chi connectivity index (χ3v) is 5.87. The first-order valence-electron chi connectivity index (χ1n) is 10.5. The normalized spacial score (nSPS) is 13.0. The van der Waals surface area contributed by atoms with E-state index in [1.807, 2.05) is 61.5 Å². The van der Waals surface area contributed by atoms with Gasteiger partial charge in [-0.3, -0.25) is 4.79 Å². The molecular formula is C26H25Cl2N3O2. The Morgan fingerprint density at radius 2 is 1.85 bits per heavy atom. The zero-order valence-electron chi connectivity index (χ0n) is 18.7. The Kier molecular flexibility index (Phi) is 7.97. The summed E-state index contributed by atoms with van der Waals surface area (Å²) in [5, 5.41) is 13.3. The highest BCUT2D eigenvalue weighted by Crippen LogP contribution is 2.28. The number of rotatable bonds is 8. The largest absolute Gasteiger partial charge is 0.462 e. The lowest BCUT2D eigenvalue weighted by Gasteiger charge is -2.30. The number of hydrogen-bond acceptors (Lipinski definition) is 4. The predicted octanol–water partition coefficient (Wildman–Crippen LogP) is 5.95. The quantitative estimate of drug-likeness (QED) is 0.431. The van der Waals surface area contributed by atoms with Crippen molar-refractivity contribution >= 4 is 29.1 Å². The molecule has 2 aromatic carbocycles. The molecule has 3 rings (SSSR count). The van der Waals surface area contributed by atoms with Crippen molar-refractivity contribution in [1.82, 2.24) is 10.3 Å². The van der Waals surface area contributed by atoms with Gasteiger partial charge >= 0.3 is 0 Å². The maximum absolute atomic E-state index is 13.1. The zero-order valence-corrected chi connectivity index (χ0v) is 20.2. The van der Waals surface area contributed by atoms with Gasteiger partial charge in [0.1, 0.15) is 6.07 Å². The van der Waals surface area contributed by atoms with Gasteiger partial charge in [-0.1, -0.05) is 47.5 Å². The molecule has 0 saturated heterocycles. The van der Waals surface area contributed by atoms with Crippen LogP contribution in [0.2, 0.25) is 10.0 Å². The Bertz CT molecular complexity index is 1140. The number of hydrogen-bond donors (Lipinski definition) is 1. The first kappa shape index (κ1) is 24.6. The minimum atomic E-state index is -1.17. The summed E-state index contributed by atoms with van der Waals surface area (Å²) in [6.07, 6.45) is 2.10. The maximum atomic E-state index is 13.1. The molecule has 0 spiro atoms. The Balaban J connectivity index is 1.78. The van der Waals surface area contributed by atoms with E-state index in [0.29, 0.717) is 22.0 Å². The van der Waals surface area contributed by atoms with E-state index >= 15 is 0 Å². The van der Waals surface area contributed by atoms with Crippen molar-refractivity contribution < 1.29 is 9.53 Å². The second-order valence-electron chi connectivity index (χ2n) is 8.36. The van der Waals surface area contributed by atoms with Gasteiger partial charge in [0.15, 0.2) is 5.60 Å². The van der Waals surface area contributed by atoms with Gasteiger partial charge in [-0.15, -0.1) is 0 Å². The molecule has 170 valence electrons. The fourth-order valence-corrected chi connectivity index (χ4v) is 3.82. The summed E-state index contributed by atoms with van der Waals surface area (Å²) in [5.74, 6) is -0.0312. The minimum absolute atomic E-state index is 0.0299. The minimum Gasteiger partial charge on any atom is -0.462 e. The van der Waals surface area contributed by atoms with Crippen LogP contribution in [0.25, 0.3) is 0 Å². The number of carbonyl (C=O) groups is 1. The summed E-state index contributed by atoms with van der Waals surface area (Å²) in [6.45, 7) is 5.33. The van der Waals surface area contributed by atoms with Crippen LogP contribution in [0, 0.1) is 11.3 Å². The second-order valence-corrected chi connectivity index (χ2v) is 9.24. The number of nitrogens with one attached hydrogen (secondary N) is 1. The molecule has 0 bridgehead atoms. The fraction of sp³-hybridized carbons (Fsp3) is 0.269. The molecule has 0 aliphatic rings. The average Bonchev–Trinajstić information content (AvgIpc) is 2.78. The molecule has 1 aromatic heterocycles. The van der Waals surface area contributed by atoms with Gasteiger partial charge in [-0.05, 0) is 68.7 Å². The van der Waals surface area contributed by atoms with Crippen molar-refractivity contribution in [2.45, 2.75) is 44.8 Å². The number of halogens is 2. The summed E-state index contributed by atoms with van der Waals surface area (Å²) >= 11 is 12.3. The standard InChI is InChI=1S/C26H25Cl2N3O2/c1-17(31-25(32)26(2,3)33-24-12-9-19(15-29)16-30-24)23(20-5-4-6-22(28)14-20)13-18-7-10-21(27)11-8-18/h4-12,14,16-17,23H,13H2,1-3H3,(H,31,32). The van der Waals surface area contributed by atoms with Gasteiger partial charge in [-0.2, -0.15) is 5.26 Å². The van der Waals surface area contributed by atoms with Crippen LogP contribution in [0.15, 0.2) is 66.9 Å². The predicted molar refractivity (Wildman–Crippen MR) is 131 cm³/mol. The van der Waals surface area contributed by atoms with Crippen molar-refractivity contribution in [3.05, 3.63) is 93.6 Å². The van der Waals surface area contributed by atoms with E-state index in [4.69, 9.17) is 33.2 Å². The van der Waals surface area contributed by atoms with Crippen molar-refractivity contribution in [2.24, 2.45) is 0 Å². The maximum Gasteiger partial charge on any atom is 0.263 e. The highest BCUT2D eigenvalue weighted by atomic mass is 35.5. The molecule has 1 heterocycles. The summed E-state index contributed by atoms with van der Waals surface area (Å²) in [4.78, 5) is 17.2. The zero-order chi connectivity index (χ0) is 24.0. The lowest BCUT2D eigenvalue weighted by molar-refractivity contribution is -0.135. The van der Waals surface area contributed by atoms with Crippen LogP contribution < -0.4 is 10.1 Å². The molecule has 2 atom stereocenters. The average molecular weight is 482 g/mol. The van der Waals surface area contributed by atoms with E-state index < -0.39 is 5.60 Å². The van der Waals surface area contributed by atoms with Crippen LogP contribution in [0.5, 0.6) is 5.88 Å². The molecule has 0 aliphatic carbocycles. The smallest absolute Gasteiger partial charge is 0.263 e. The number of nitriles is 1. The lowest BCUT2D eigenvalue weighted by atomic mass is 9.86. The topological polar surface area (TPSA) is 75.0 Å². The Labute approximate surface area is 204 Å². The Morgan fingerprint density at radius 3 is 2.45 bits per heavy atom. The molecule has 5 nitrogen and oxygen atoms in total. The third kappa shape index (κ3) is 6.71. The van der Waals surface area contributed by atoms with E-state index in [1.54, 1.807) is 26.0 Å². The molecule has 7 heteroatoms. The van der Waals surface area contributed by atoms with E-state index in [1.165, 1.54) is 6.20 Å². The van der Waals surface area contributed by atoms with E-state index in [2.05, 4.69) is 10.3 Å². The Morgan fingerprint density at radius 1 is 1.12 bits per heavy atom. The van der Waals surface area contributed by atoms with Gasteiger partial charge in [-0.25, -0.2) is 4.98 Å². The van der Waals surface area contributed by atoms with E-state index in [9.17, 15) is 4.79 Å². The molecule has 2 unspecified atom stereocenters. The number of carbonyl (C=O) groups excluding carboxylic acids is 1. The van der Waals surface area contributed by atoms with Crippen molar-refractivity contribution in [1.29, 1.82) is 5.26 Å². The Hall–Kier alpha value is -3.07. The van der Waals surface area contributed by atoms with Gasteiger partial charge in [0.25, 0.3) is 5.91 Å². The van der Waals surface area contributed by atoms with Crippen LogP contribution in [-0.4, -0.2) is 22.5 Å². The number of benzene rings is 2. The molecule has 33 heavy (non-hydrogen) atoms. The van der Waals surface area contributed by atoms with Crippen LogP contribution in [0.4, 0.5) is 0 Å². The van der Waals surface area contributed by atoms with Crippen LogP contribution in [0.3, 0.4) is 0 Å². The van der Waals surface area contributed by atoms with Crippen LogP contribution in [0.1, 0.15) is 43.4 Å². The number of pyridine rings is 1. The SMILES string of the molecule is CC(NC(=O)C(C)(C)Oc1ccc(C#N)cn1)C(Cc1ccc(Cl)cc1)c1cccc(Cl)c1. The second kappa shape index (κ2) is 10.7. The van der Waals surface area contributed by atoms with Crippen LogP contribution >= 0.6 is 23.2 Å². The summed E-state index contributed by atoms with van der Waals surface area (Å²) < 4.78 is 5.83. The summed E-state index contributed by atoms with van der Waals surface area (Å²) in [6, 6.07) is 20.3. The fourth-order valence-electron chi connectivity index (χ4n) is 3.49. The van der Waals surface area contributed by atoms with Gasteiger partial charge in [0.2, 0.25) is 5.88 Å². The molecule has 0 saturated carbocycles. The highest BCUT2D eigenvalue weighted by molar-refractivity contribution is 6.30. The van der Waals surface area contributed by atoms with Crippen molar-refractivity contribution in [2.75, 3.05) is 0 Å². The first-order chi connectivity index (χ1) is 15.7. The molecule has 1 amide bonds. The van der Waals surface area contributed by atoms with E-state index in [0.717, 1.165) is 11.1 Å². The molecule has 0 aliphatic heterocycles. The molecule has 0 fully saturated rings. The van der Waals surface area contributed by atoms with Gasteiger partial charge < -0.3 is 10.1 Å². The third-order valence-electron chi connectivity index (χ3n) is 5.38. The summed E-state index contributed by atoms with van der Waals surface area (Å²) in [5.41, 5.74) is 1.37. The highest BCUT2D eigenvalue weighted by Gasteiger charge is 2.33. The van der Waals surface area contributed by atoms with Gasteiger partial charge in [0, 0.05) is 34.3 Å². The van der Waals surface area contributed by atoms with Crippen LogP contribution in [-0.2, 0) is 11.2 Å². The summed E-state index contributed by atoms with van der Waals surface area (Å²) in [7, 11) is 0.